The minimum Gasteiger partial charge on any atom is -0.462 e. The summed E-state index contributed by atoms with van der Waals surface area (Å²) >= 11 is 0. The zero-order valence-corrected chi connectivity index (χ0v) is 16.5. The maximum atomic E-state index is 13.4. The fraction of sp³-hybridized carbons (Fsp3) is 0.421. The Bertz CT molecular complexity index is 924. The SMILES string of the molecule is CCOC(=O)c1c(C)oc(-c2ccc(C)cc2)c1S(=O)(=O)N1CCOCC1. The van der Waals surface area contributed by atoms with Gasteiger partial charge in [-0.25, -0.2) is 13.2 Å². The lowest BCUT2D eigenvalue weighted by Gasteiger charge is -2.26. The second-order valence-corrected chi connectivity index (χ2v) is 8.17. The largest absolute Gasteiger partial charge is 0.462 e. The molecule has 0 unspecified atom stereocenters. The molecule has 2 heterocycles. The van der Waals surface area contributed by atoms with Gasteiger partial charge in [0.15, 0.2) is 5.76 Å². The first-order valence-corrected chi connectivity index (χ1v) is 10.3. The van der Waals surface area contributed by atoms with Crippen LogP contribution in [0.25, 0.3) is 11.3 Å². The van der Waals surface area contributed by atoms with E-state index in [0.717, 1.165) is 5.56 Å². The van der Waals surface area contributed by atoms with Crippen molar-refractivity contribution in [3.8, 4) is 11.3 Å². The maximum Gasteiger partial charge on any atom is 0.343 e. The predicted molar refractivity (Wildman–Crippen MR) is 99.2 cm³/mol. The summed E-state index contributed by atoms with van der Waals surface area (Å²) in [6, 6.07) is 7.28. The highest BCUT2D eigenvalue weighted by molar-refractivity contribution is 7.89. The number of ether oxygens (including phenoxy) is 2. The van der Waals surface area contributed by atoms with Crippen LogP contribution < -0.4 is 0 Å². The van der Waals surface area contributed by atoms with Crippen LogP contribution in [0, 0.1) is 13.8 Å². The lowest BCUT2D eigenvalue weighted by atomic mass is 10.1. The molecule has 1 fully saturated rings. The summed E-state index contributed by atoms with van der Waals surface area (Å²) < 4.78 is 44.2. The molecule has 1 aromatic carbocycles. The van der Waals surface area contributed by atoms with Gasteiger partial charge >= 0.3 is 5.97 Å². The minimum atomic E-state index is -3.97. The smallest absolute Gasteiger partial charge is 0.343 e. The van der Waals surface area contributed by atoms with Crippen molar-refractivity contribution in [2.24, 2.45) is 0 Å². The van der Waals surface area contributed by atoms with E-state index in [2.05, 4.69) is 0 Å². The van der Waals surface area contributed by atoms with E-state index in [1.807, 2.05) is 19.1 Å². The summed E-state index contributed by atoms with van der Waals surface area (Å²) in [5, 5.41) is 0. The molecule has 146 valence electrons. The molecule has 3 rings (SSSR count). The van der Waals surface area contributed by atoms with Gasteiger partial charge in [0.25, 0.3) is 0 Å². The van der Waals surface area contributed by atoms with Crippen LogP contribution in [0.2, 0.25) is 0 Å². The van der Waals surface area contributed by atoms with Gasteiger partial charge in [0, 0.05) is 18.7 Å². The van der Waals surface area contributed by atoms with Crippen LogP contribution in [0.1, 0.15) is 28.6 Å². The van der Waals surface area contributed by atoms with E-state index in [0.29, 0.717) is 18.8 Å². The highest BCUT2D eigenvalue weighted by Gasteiger charge is 2.38. The highest BCUT2D eigenvalue weighted by atomic mass is 32.2. The van der Waals surface area contributed by atoms with Gasteiger partial charge in [0.1, 0.15) is 16.2 Å². The summed E-state index contributed by atoms with van der Waals surface area (Å²) in [5.74, 6) is -0.332. The zero-order chi connectivity index (χ0) is 19.6. The van der Waals surface area contributed by atoms with Crippen LogP contribution in [-0.4, -0.2) is 51.6 Å². The lowest BCUT2D eigenvalue weighted by Crippen LogP contribution is -2.41. The van der Waals surface area contributed by atoms with Crippen molar-refractivity contribution in [1.82, 2.24) is 4.31 Å². The Morgan fingerprint density at radius 3 is 2.37 bits per heavy atom. The number of hydrogen-bond acceptors (Lipinski definition) is 6. The number of benzene rings is 1. The van der Waals surface area contributed by atoms with Crippen molar-refractivity contribution >= 4 is 16.0 Å². The van der Waals surface area contributed by atoms with Gasteiger partial charge in [0.05, 0.1) is 19.8 Å². The number of nitrogens with zero attached hydrogens (tertiary/aromatic N) is 1. The van der Waals surface area contributed by atoms with Gasteiger partial charge in [-0.3, -0.25) is 0 Å². The Balaban J connectivity index is 2.21. The third kappa shape index (κ3) is 3.78. The third-order valence-corrected chi connectivity index (χ3v) is 6.35. The van der Waals surface area contributed by atoms with E-state index in [4.69, 9.17) is 13.9 Å². The average molecular weight is 393 g/mol. The molecule has 1 aliphatic rings. The Labute approximate surface area is 158 Å². The second-order valence-electron chi connectivity index (χ2n) is 6.29. The summed E-state index contributed by atoms with van der Waals surface area (Å²) in [6.07, 6.45) is 0. The summed E-state index contributed by atoms with van der Waals surface area (Å²) in [4.78, 5) is 12.4. The van der Waals surface area contributed by atoms with Gasteiger partial charge in [0.2, 0.25) is 10.0 Å². The molecule has 1 saturated heterocycles. The van der Waals surface area contributed by atoms with Crippen molar-refractivity contribution in [1.29, 1.82) is 0 Å². The van der Waals surface area contributed by atoms with Crippen LogP contribution in [0.4, 0.5) is 0 Å². The zero-order valence-electron chi connectivity index (χ0n) is 15.6. The van der Waals surface area contributed by atoms with Crippen molar-refractivity contribution < 1.29 is 27.1 Å². The summed E-state index contributed by atoms with van der Waals surface area (Å²) in [5.41, 5.74) is 1.58. The van der Waals surface area contributed by atoms with Crippen molar-refractivity contribution in [2.45, 2.75) is 25.7 Å². The molecule has 1 aromatic heterocycles. The average Bonchev–Trinajstić information content (AvgIpc) is 3.01. The molecule has 0 amide bonds. The Kier molecular flexibility index (Phi) is 5.69. The highest BCUT2D eigenvalue weighted by Crippen LogP contribution is 2.37. The lowest BCUT2D eigenvalue weighted by molar-refractivity contribution is 0.0519. The molecule has 1 aliphatic heterocycles. The number of carbonyl (C=O) groups is 1. The summed E-state index contributed by atoms with van der Waals surface area (Å²) in [7, 11) is -3.97. The number of furan rings is 1. The van der Waals surface area contributed by atoms with E-state index in [-0.39, 0.29) is 41.7 Å². The first kappa shape index (κ1) is 19.6. The number of aryl methyl sites for hydroxylation is 2. The van der Waals surface area contributed by atoms with Gasteiger partial charge in [-0.1, -0.05) is 29.8 Å². The first-order chi connectivity index (χ1) is 12.9. The first-order valence-electron chi connectivity index (χ1n) is 8.81. The van der Waals surface area contributed by atoms with Gasteiger partial charge < -0.3 is 13.9 Å². The molecule has 8 heteroatoms. The monoisotopic (exact) mass is 393 g/mol. The maximum absolute atomic E-state index is 13.4. The molecular formula is C19H23NO6S. The van der Waals surface area contributed by atoms with E-state index in [9.17, 15) is 13.2 Å². The van der Waals surface area contributed by atoms with E-state index in [1.165, 1.54) is 4.31 Å². The molecule has 7 nitrogen and oxygen atoms in total. The van der Waals surface area contributed by atoms with Gasteiger partial charge in [-0.15, -0.1) is 0 Å². The number of carbonyl (C=O) groups excluding carboxylic acids is 1. The number of sulfonamides is 1. The van der Waals surface area contributed by atoms with Gasteiger partial charge in [-0.05, 0) is 20.8 Å². The van der Waals surface area contributed by atoms with E-state index >= 15 is 0 Å². The fourth-order valence-corrected chi connectivity index (χ4v) is 4.79. The molecule has 0 spiro atoms. The molecule has 2 aromatic rings. The molecular weight excluding hydrogens is 370 g/mol. The molecule has 0 bridgehead atoms. The Morgan fingerprint density at radius 1 is 1.15 bits per heavy atom. The number of rotatable bonds is 5. The van der Waals surface area contributed by atoms with E-state index < -0.39 is 16.0 Å². The van der Waals surface area contributed by atoms with Crippen molar-refractivity contribution in [2.75, 3.05) is 32.9 Å². The third-order valence-electron chi connectivity index (χ3n) is 4.40. The number of hydrogen-bond donors (Lipinski definition) is 0. The number of esters is 1. The number of morpholine rings is 1. The quantitative estimate of drug-likeness (QED) is 0.726. The van der Waals surface area contributed by atoms with Crippen LogP contribution in [-0.2, 0) is 19.5 Å². The van der Waals surface area contributed by atoms with Crippen LogP contribution >= 0.6 is 0 Å². The standard InChI is InChI=1S/C19H23NO6S/c1-4-25-19(21)16-14(3)26-17(15-7-5-13(2)6-8-15)18(16)27(22,23)20-9-11-24-12-10-20/h5-8H,4,9-12H2,1-3H3. The Hall–Kier alpha value is -2.16. The molecule has 0 aliphatic carbocycles. The molecule has 0 saturated carbocycles. The topological polar surface area (TPSA) is 86.0 Å². The minimum absolute atomic E-state index is 0.0427. The van der Waals surface area contributed by atoms with Crippen LogP contribution in [0.3, 0.4) is 0 Å². The van der Waals surface area contributed by atoms with Crippen LogP contribution in [0.5, 0.6) is 0 Å². The van der Waals surface area contributed by atoms with Gasteiger partial charge in [-0.2, -0.15) is 4.31 Å². The van der Waals surface area contributed by atoms with Crippen molar-refractivity contribution in [3.05, 3.63) is 41.2 Å². The van der Waals surface area contributed by atoms with Crippen LogP contribution in [0.15, 0.2) is 33.6 Å². The normalized spacial score (nSPS) is 15.7. The molecule has 27 heavy (non-hydrogen) atoms. The summed E-state index contributed by atoms with van der Waals surface area (Å²) in [6.45, 7) is 6.39. The fourth-order valence-electron chi connectivity index (χ4n) is 3.02. The molecule has 0 N–H and O–H groups in total. The molecule has 0 radical (unpaired) electrons. The predicted octanol–water partition coefficient (Wildman–Crippen LogP) is 2.76. The van der Waals surface area contributed by atoms with Crippen molar-refractivity contribution in [3.63, 3.8) is 0 Å². The second kappa shape index (κ2) is 7.84. The van der Waals surface area contributed by atoms with E-state index in [1.54, 1.807) is 26.0 Å². The Morgan fingerprint density at radius 2 is 1.78 bits per heavy atom. The molecule has 0 atom stereocenters.